The van der Waals surface area contributed by atoms with Gasteiger partial charge in [-0.15, -0.1) is 13.2 Å². The van der Waals surface area contributed by atoms with E-state index in [0.717, 1.165) is 37.3 Å². The van der Waals surface area contributed by atoms with E-state index in [4.69, 9.17) is 0 Å². The monoisotopic (exact) mass is 411 g/mol. The van der Waals surface area contributed by atoms with Crippen LogP contribution in [-0.4, -0.2) is 36.4 Å². The molecule has 1 aromatic heterocycles. The van der Waals surface area contributed by atoms with Gasteiger partial charge in [0.25, 0.3) is 0 Å². The Morgan fingerprint density at radius 1 is 1.28 bits per heavy atom. The lowest BCUT2D eigenvalue weighted by molar-refractivity contribution is -0.275. The molecule has 1 N–H and O–H groups in total. The van der Waals surface area contributed by atoms with Crippen molar-refractivity contribution in [1.82, 2.24) is 10.3 Å². The summed E-state index contributed by atoms with van der Waals surface area (Å²) in [7, 11) is 0. The van der Waals surface area contributed by atoms with Gasteiger partial charge in [-0.25, -0.2) is 4.39 Å². The highest BCUT2D eigenvalue weighted by Crippen LogP contribution is 2.31. The lowest BCUT2D eigenvalue weighted by atomic mass is 9.93. The van der Waals surface area contributed by atoms with Gasteiger partial charge in [-0.1, -0.05) is 6.92 Å². The van der Waals surface area contributed by atoms with Crippen molar-refractivity contribution in [3.05, 3.63) is 42.3 Å². The van der Waals surface area contributed by atoms with Crippen LogP contribution < -0.4 is 15.0 Å². The summed E-state index contributed by atoms with van der Waals surface area (Å²) in [6, 6.07) is 6.95. The minimum Gasteiger partial charge on any atom is -0.403 e. The number of pyridine rings is 1. The third kappa shape index (κ3) is 5.36. The van der Waals surface area contributed by atoms with Crippen LogP contribution in [0.4, 0.5) is 23.2 Å². The Morgan fingerprint density at radius 3 is 2.66 bits per heavy atom. The van der Waals surface area contributed by atoms with Crippen LogP contribution in [0, 0.1) is 11.7 Å². The van der Waals surface area contributed by atoms with Crippen LogP contribution in [-0.2, 0) is 4.79 Å². The number of rotatable bonds is 4. The van der Waals surface area contributed by atoms with Crippen LogP contribution in [0.1, 0.15) is 20.3 Å². The minimum atomic E-state index is -4.96. The van der Waals surface area contributed by atoms with Crippen LogP contribution in [0.5, 0.6) is 5.75 Å². The zero-order chi connectivity index (χ0) is 21.2. The number of anilines is 1. The first kappa shape index (κ1) is 20.9. The molecule has 1 aliphatic rings. The predicted octanol–water partition coefficient (Wildman–Crippen LogP) is 4.14. The highest BCUT2D eigenvalue weighted by Gasteiger charge is 2.32. The molecule has 9 heteroatoms. The van der Waals surface area contributed by atoms with Crippen LogP contribution in [0.2, 0.25) is 0 Å². The molecule has 156 valence electrons. The molecular weight excluding hydrogens is 390 g/mol. The maximum Gasteiger partial charge on any atom is 0.573 e. The Morgan fingerprint density at radius 2 is 2.03 bits per heavy atom. The van der Waals surface area contributed by atoms with E-state index in [2.05, 4.69) is 26.9 Å². The van der Waals surface area contributed by atoms with Crippen molar-refractivity contribution >= 4 is 11.6 Å². The second-order valence-electron chi connectivity index (χ2n) is 7.11. The molecule has 0 radical (unpaired) electrons. The summed E-state index contributed by atoms with van der Waals surface area (Å²) in [6.07, 6.45) is -2.59. The number of aromatic nitrogens is 1. The molecule has 1 fully saturated rings. The maximum absolute atomic E-state index is 14.0. The standard InChI is InChI=1S/C20H21F4N3O2/c1-12-11-27(8-6-17(12)26-13(2)28)15-5-7-25-18(10-15)14-3-4-19(16(21)9-14)29-20(22,23)24/h3-5,7,9-10,12,17H,6,8,11H2,1-2H3,(H,26,28)/t12-,17-/m1/s1. The summed E-state index contributed by atoms with van der Waals surface area (Å²) >= 11 is 0. The van der Waals surface area contributed by atoms with Gasteiger partial charge in [0.15, 0.2) is 11.6 Å². The second-order valence-corrected chi connectivity index (χ2v) is 7.11. The van der Waals surface area contributed by atoms with E-state index < -0.39 is 17.9 Å². The number of alkyl halides is 3. The van der Waals surface area contributed by atoms with Crippen LogP contribution in [0.25, 0.3) is 11.3 Å². The Kier molecular flexibility index (Phi) is 5.95. The van der Waals surface area contributed by atoms with E-state index in [1.54, 1.807) is 12.3 Å². The largest absolute Gasteiger partial charge is 0.573 e. The zero-order valence-corrected chi connectivity index (χ0v) is 16.0. The number of halogens is 4. The molecule has 1 saturated heterocycles. The average Bonchev–Trinajstić information content (AvgIpc) is 2.64. The summed E-state index contributed by atoms with van der Waals surface area (Å²) in [5, 5.41) is 2.96. The smallest absolute Gasteiger partial charge is 0.403 e. The molecule has 3 rings (SSSR count). The maximum atomic E-state index is 14.0. The van der Waals surface area contributed by atoms with E-state index in [-0.39, 0.29) is 17.9 Å². The molecule has 5 nitrogen and oxygen atoms in total. The molecule has 0 spiro atoms. The van der Waals surface area contributed by atoms with Gasteiger partial charge in [0.1, 0.15) is 0 Å². The first-order chi connectivity index (χ1) is 13.6. The summed E-state index contributed by atoms with van der Waals surface area (Å²) < 4.78 is 54.6. The van der Waals surface area contributed by atoms with Gasteiger partial charge >= 0.3 is 6.36 Å². The number of nitrogens with one attached hydrogen (secondary N) is 1. The Bertz CT molecular complexity index is 888. The highest BCUT2D eigenvalue weighted by atomic mass is 19.4. The Labute approximate surface area is 165 Å². The van der Waals surface area contributed by atoms with Crippen molar-refractivity contribution in [3.63, 3.8) is 0 Å². The van der Waals surface area contributed by atoms with Gasteiger partial charge in [-0.05, 0) is 42.7 Å². The third-order valence-corrected chi connectivity index (χ3v) is 4.86. The lowest BCUT2D eigenvalue weighted by Gasteiger charge is -2.38. The lowest BCUT2D eigenvalue weighted by Crippen LogP contribution is -2.49. The Balaban J connectivity index is 1.77. The number of carbonyl (C=O) groups excluding carboxylic acids is 1. The zero-order valence-electron chi connectivity index (χ0n) is 16.0. The Hall–Kier alpha value is -2.84. The SMILES string of the molecule is CC(=O)N[C@@H]1CCN(c2ccnc(-c3ccc(OC(F)(F)F)c(F)c3)c2)C[C@H]1C. The van der Waals surface area contributed by atoms with Crippen LogP contribution in [0.3, 0.4) is 0 Å². The molecule has 0 bridgehead atoms. The second kappa shape index (κ2) is 8.26. The van der Waals surface area contributed by atoms with E-state index in [1.807, 2.05) is 6.07 Å². The normalized spacial score (nSPS) is 19.7. The molecule has 2 heterocycles. The van der Waals surface area contributed by atoms with Crippen molar-refractivity contribution in [2.24, 2.45) is 5.92 Å². The van der Waals surface area contributed by atoms with Gasteiger partial charge in [0.05, 0.1) is 5.69 Å². The van der Waals surface area contributed by atoms with Crippen LogP contribution in [0.15, 0.2) is 36.5 Å². The number of nitrogens with zero attached hydrogens (tertiary/aromatic N) is 2. The molecule has 2 aromatic rings. The van der Waals surface area contributed by atoms with E-state index in [1.165, 1.54) is 13.0 Å². The summed E-state index contributed by atoms with van der Waals surface area (Å²) in [5.41, 5.74) is 1.66. The summed E-state index contributed by atoms with van der Waals surface area (Å²) in [4.78, 5) is 17.7. The van der Waals surface area contributed by atoms with Crippen molar-refractivity contribution in [2.45, 2.75) is 32.7 Å². The van der Waals surface area contributed by atoms with Gasteiger partial charge < -0.3 is 15.0 Å². The molecule has 1 aliphatic heterocycles. The van der Waals surface area contributed by atoms with E-state index in [9.17, 15) is 22.4 Å². The predicted molar refractivity (Wildman–Crippen MR) is 99.9 cm³/mol. The molecule has 1 aromatic carbocycles. The number of piperidine rings is 1. The van der Waals surface area contributed by atoms with Crippen molar-refractivity contribution in [1.29, 1.82) is 0 Å². The quantitative estimate of drug-likeness (QED) is 0.769. The van der Waals surface area contributed by atoms with Crippen molar-refractivity contribution in [3.8, 4) is 17.0 Å². The topological polar surface area (TPSA) is 54.5 Å². The van der Waals surface area contributed by atoms with Gasteiger partial charge in [-0.3, -0.25) is 9.78 Å². The molecular formula is C20H21F4N3O2. The molecule has 1 amide bonds. The fourth-order valence-electron chi connectivity index (χ4n) is 3.50. The minimum absolute atomic E-state index is 0.0542. The number of carbonyl (C=O) groups is 1. The molecule has 0 saturated carbocycles. The third-order valence-electron chi connectivity index (χ3n) is 4.86. The summed E-state index contributed by atoms with van der Waals surface area (Å²) in [5.74, 6) is -1.81. The first-order valence-electron chi connectivity index (χ1n) is 9.16. The number of ether oxygens (including phenoxy) is 1. The van der Waals surface area contributed by atoms with Crippen LogP contribution >= 0.6 is 0 Å². The molecule has 0 unspecified atom stereocenters. The summed E-state index contributed by atoms with van der Waals surface area (Å²) in [6.45, 7) is 5.01. The fourth-order valence-corrected chi connectivity index (χ4v) is 3.50. The van der Waals surface area contributed by atoms with E-state index in [0.29, 0.717) is 11.3 Å². The highest BCUT2D eigenvalue weighted by molar-refractivity contribution is 5.73. The fraction of sp³-hybridized carbons (Fsp3) is 0.400. The van der Waals surface area contributed by atoms with Crippen molar-refractivity contribution < 1.29 is 27.1 Å². The average molecular weight is 411 g/mol. The van der Waals surface area contributed by atoms with Crippen molar-refractivity contribution in [2.75, 3.05) is 18.0 Å². The molecule has 2 atom stereocenters. The van der Waals surface area contributed by atoms with Gasteiger partial charge in [-0.2, -0.15) is 0 Å². The molecule has 29 heavy (non-hydrogen) atoms. The van der Waals surface area contributed by atoms with Gasteiger partial charge in [0, 0.05) is 43.5 Å². The number of amides is 1. The number of hydrogen-bond donors (Lipinski definition) is 1. The number of hydrogen-bond acceptors (Lipinski definition) is 4. The van der Waals surface area contributed by atoms with Gasteiger partial charge in [0.2, 0.25) is 5.91 Å². The van der Waals surface area contributed by atoms with E-state index >= 15 is 0 Å². The first-order valence-corrected chi connectivity index (χ1v) is 9.16. The molecule has 0 aliphatic carbocycles. The number of benzene rings is 1.